The van der Waals surface area contributed by atoms with Gasteiger partial charge in [-0.3, -0.25) is 0 Å². The molecule has 0 amide bonds. The van der Waals surface area contributed by atoms with Crippen molar-refractivity contribution in [2.75, 3.05) is 23.7 Å². The quantitative estimate of drug-likeness (QED) is 0.795. The smallest absolute Gasteiger partial charge is 0.0368 e. The Labute approximate surface area is 102 Å². The minimum absolute atomic E-state index is 0.675. The van der Waals surface area contributed by atoms with Gasteiger partial charge in [0, 0.05) is 30.4 Å². The number of nitrogen functional groups attached to an aromatic ring is 1. The highest BCUT2D eigenvalue weighted by Gasteiger charge is 2.27. The molecule has 0 bridgehead atoms. The highest BCUT2D eigenvalue weighted by molar-refractivity contribution is 5.55. The third kappa shape index (κ3) is 1.98. The van der Waals surface area contributed by atoms with E-state index in [2.05, 4.69) is 47.4 Å². The van der Waals surface area contributed by atoms with E-state index in [1.165, 1.54) is 11.3 Å². The van der Waals surface area contributed by atoms with Gasteiger partial charge in [-0.15, -0.1) is 0 Å². The van der Waals surface area contributed by atoms with Crippen LogP contribution in [0.25, 0.3) is 0 Å². The van der Waals surface area contributed by atoms with E-state index >= 15 is 0 Å². The zero-order valence-electron chi connectivity index (χ0n) is 9.71. The predicted octanol–water partition coefficient (Wildman–Crippen LogP) is 2.87. The molecule has 0 spiro atoms. The Kier molecular flexibility index (Phi) is 2.48. The number of rotatable bonds is 2. The van der Waals surface area contributed by atoms with Crippen LogP contribution in [-0.4, -0.2) is 13.1 Å². The summed E-state index contributed by atoms with van der Waals surface area (Å²) >= 11 is 0. The third-order valence-electron chi connectivity index (χ3n) is 3.41. The van der Waals surface area contributed by atoms with Crippen molar-refractivity contribution in [1.82, 2.24) is 0 Å². The Bertz CT molecular complexity index is 484. The summed E-state index contributed by atoms with van der Waals surface area (Å²) in [6.45, 7) is 2.21. The van der Waals surface area contributed by atoms with Crippen molar-refractivity contribution in [3.05, 3.63) is 60.2 Å². The van der Waals surface area contributed by atoms with Crippen LogP contribution in [0.4, 0.5) is 11.4 Å². The molecule has 17 heavy (non-hydrogen) atoms. The van der Waals surface area contributed by atoms with E-state index in [-0.39, 0.29) is 0 Å². The molecule has 1 saturated heterocycles. The minimum atomic E-state index is 0.675. The first-order valence-electron chi connectivity index (χ1n) is 5.98. The summed E-state index contributed by atoms with van der Waals surface area (Å²) in [7, 11) is 0. The van der Waals surface area contributed by atoms with Gasteiger partial charge in [0.1, 0.15) is 0 Å². The molecule has 2 nitrogen and oxygen atoms in total. The van der Waals surface area contributed by atoms with Crippen LogP contribution >= 0.6 is 0 Å². The second-order valence-corrected chi connectivity index (χ2v) is 4.60. The lowest BCUT2D eigenvalue weighted by Gasteiger charge is -2.41. The molecule has 0 radical (unpaired) electrons. The summed E-state index contributed by atoms with van der Waals surface area (Å²) in [5, 5.41) is 0. The molecule has 1 aliphatic heterocycles. The maximum Gasteiger partial charge on any atom is 0.0368 e. The zero-order chi connectivity index (χ0) is 11.7. The third-order valence-corrected chi connectivity index (χ3v) is 3.41. The molecule has 3 rings (SSSR count). The van der Waals surface area contributed by atoms with E-state index in [4.69, 9.17) is 5.73 Å². The molecule has 1 fully saturated rings. The highest BCUT2D eigenvalue weighted by atomic mass is 15.2. The number of benzene rings is 2. The summed E-state index contributed by atoms with van der Waals surface area (Å²) in [6.07, 6.45) is 0. The molecular formula is C15H16N2. The number of anilines is 2. The Hall–Kier alpha value is -1.96. The van der Waals surface area contributed by atoms with Crippen LogP contribution in [0.5, 0.6) is 0 Å². The summed E-state index contributed by atoms with van der Waals surface area (Å²) in [5.41, 5.74) is 9.23. The largest absolute Gasteiger partial charge is 0.399 e. The number of nitrogens with zero attached hydrogens (tertiary/aromatic N) is 1. The number of nitrogens with two attached hydrogens (primary N) is 1. The van der Waals surface area contributed by atoms with E-state index in [1.807, 2.05) is 12.1 Å². The second-order valence-electron chi connectivity index (χ2n) is 4.60. The Balaban J connectivity index is 1.67. The predicted molar refractivity (Wildman–Crippen MR) is 72.3 cm³/mol. The summed E-state index contributed by atoms with van der Waals surface area (Å²) in [6, 6.07) is 18.8. The standard InChI is InChI=1S/C15H16N2/c16-14-6-8-15(9-7-14)17-10-13(11-17)12-4-2-1-3-5-12/h1-9,13H,10-11,16H2. The van der Waals surface area contributed by atoms with Gasteiger partial charge in [0.05, 0.1) is 0 Å². The van der Waals surface area contributed by atoms with E-state index < -0.39 is 0 Å². The van der Waals surface area contributed by atoms with E-state index in [0.29, 0.717) is 5.92 Å². The first-order chi connectivity index (χ1) is 8.33. The van der Waals surface area contributed by atoms with Crippen LogP contribution in [0.3, 0.4) is 0 Å². The molecule has 0 aromatic heterocycles. The van der Waals surface area contributed by atoms with Crippen molar-refractivity contribution in [3.8, 4) is 0 Å². The van der Waals surface area contributed by atoms with Crippen LogP contribution in [0, 0.1) is 0 Å². The molecule has 0 saturated carbocycles. The SMILES string of the molecule is Nc1ccc(N2CC(c3ccccc3)C2)cc1. The average Bonchev–Trinajstić information content (AvgIpc) is 2.31. The van der Waals surface area contributed by atoms with Gasteiger partial charge in [0.25, 0.3) is 0 Å². The zero-order valence-corrected chi connectivity index (χ0v) is 9.71. The van der Waals surface area contributed by atoms with E-state index in [1.54, 1.807) is 0 Å². The Morgan fingerprint density at radius 1 is 0.882 bits per heavy atom. The second kappa shape index (κ2) is 4.13. The van der Waals surface area contributed by atoms with E-state index in [0.717, 1.165) is 18.8 Å². The van der Waals surface area contributed by atoms with Gasteiger partial charge in [-0.25, -0.2) is 0 Å². The fraction of sp³-hybridized carbons (Fsp3) is 0.200. The lowest BCUT2D eigenvalue weighted by atomic mass is 9.91. The monoisotopic (exact) mass is 224 g/mol. The summed E-state index contributed by atoms with van der Waals surface area (Å²) in [5.74, 6) is 0.675. The first kappa shape index (κ1) is 10.2. The summed E-state index contributed by atoms with van der Waals surface area (Å²) in [4.78, 5) is 2.39. The molecule has 0 atom stereocenters. The molecule has 1 aliphatic rings. The van der Waals surface area contributed by atoms with Crippen molar-refractivity contribution < 1.29 is 0 Å². The Morgan fingerprint density at radius 3 is 2.18 bits per heavy atom. The molecule has 2 heteroatoms. The van der Waals surface area contributed by atoms with Crippen molar-refractivity contribution in [1.29, 1.82) is 0 Å². The average molecular weight is 224 g/mol. The maximum atomic E-state index is 5.69. The molecule has 2 N–H and O–H groups in total. The van der Waals surface area contributed by atoms with E-state index in [9.17, 15) is 0 Å². The fourth-order valence-corrected chi connectivity index (χ4v) is 2.31. The molecule has 2 aromatic carbocycles. The van der Waals surface area contributed by atoms with Gasteiger partial charge in [-0.2, -0.15) is 0 Å². The lowest BCUT2D eigenvalue weighted by molar-refractivity contribution is 0.525. The molecule has 0 aliphatic carbocycles. The molecular weight excluding hydrogens is 208 g/mol. The fourth-order valence-electron chi connectivity index (χ4n) is 2.31. The van der Waals surface area contributed by atoms with Gasteiger partial charge in [-0.05, 0) is 29.8 Å². The molecule has 86 valence electrons. The van der Waals surface area contributed by atoms with Crippen LogP contribution in [0.1, 0.15) is 11.5 Å². The number of hydrogen-bond acceptors (Lipinski definition) is 2. The normalized spacial score (nSPS) is 15.6. The highest BCUT2D eigenvalue weighted by Crippen LogP contribution is 2.31. The van der Waals surface area contributed by atoms with Crippen LogP contribution < -0.4 is 10.6 Å². The minimum Gasteiger partial charge on any atom is -0.399 e. The van der Waals surface area contributed by atoms with Crippen molar-refractivity contribution in [3.63, 3.8) is 0 Å². The van der Waals surface area contributed by atoms with Gasteiger partial charge in [0.2, 0.25) is 0 Å². The molecule has 2 aromatic rings. The van der Waals surface area contributed by atoms with Crippen LogP contribution in [0.2, 0.25) is 0 Å². The van der Waals surface area contributed by atoms with Gasteiger partial charge in [0.15, 0.2) is 0 Å². The van der Waals surface area contributed by atoms with Gasteiger partial charge >= 0.3 is 0 Å². The lowest BCUT2D eigenvalue weighted by Crippen LogP contribution is -2.44. The van der Waals surface area contributed by atoms with Crippen molar-refractivity contribution in [2.45, 2.75) is 5.92 Å². The van der Waals surface area contributed by atoms with Crippen molar-refractivity contribution in [2.24, 2.45) is 0 Å². The van der Waals surface area contributed by atoms with Crippen LogP contribution in [0.15, 0.2) is 54.6 Å². The van der Waals surface area contributed by atoms with Gasteiger partial charge in [-0.1, -0.05) is 30.3 Å². The molecule has 1 heterocycles. The molecule has 0 unspecified atom stereocenters. The Morgan fingerprint density at radius 2 is 1.53 bits per heavy atom. The van der Waals surface area contributed by atoms with Crippen LogP contribution in [-0.2, 0) is 0 Å². The number of hydrogen-bond donors (Lipinski definition) is 1. The topological polar surface area (TPSA) is 29.3 Å². The van der Waals surface area contributed by atoms with Gasteiger partial charge < -0.3 is 10.6 Å². The maximum absolute atomic E-state index is 5.69. The first-order valence-corrected chi connectivity index (χ1v) is 5.98. The van der Waals surface area contributed by atoms with Crippen molar-refractivity contribution >= 4 is 11.4 Å². The summed E-state index contributed by atoms with van der Waals surface area (Å²) < 4.78 is 0.